The number of rotatable bonds is 8. The van der Waals surface area contributed by atoms with Crippen molar-refractivity contribution in [3.63, 3.8) is 0 Å². The van der Waals surface area contributed by atoms with Gasteiger partial charge in [-0.3, -0.25) is 14.4 Å². The Kier molecular flexibility index (Phi) is 6.81. The molecule has 3 aliphatic heterocycles. The Hall–Kier alpha value is -2.71. The van der Waals surface area contributed by atoms with Crippen LogP contribution in [0, 0.1) is 11.8 Å². The fourth-order valence-electron chi connectivity index (χ4n) is 6.21. The van der Waals surface area contributed by atoms with Crippen molar-refractivity contribution in [3.8, 4) is 0 Å². The van der Waals surface area contributed by atoms with Crippen molar-refractivity contribution in [2.24, 2.45) is 11.8 Å². The monoisotopic (exact) mass is 484 g/mol. The second-order valence-corrected chi connectivity index (χ2v) is 10.6. The summed E-state index contributed by atoms with van der Waals surface area (Å²) < 4.78 is 11.8. The topological polar surface area (TPSA) is 96.4 Å². The lowest BCUT2D eigenvalue weighted by Crippen LogP contribution is -2.60. The predicted molar refractivity (Wildman–Crippen MR) is 129 cm³/mol. The van der Waals surface area contributed by atoms with E-state index in [0.717, 1.165) is 0 Å². The number of benzene rings is 1. The highest BCUT2D eigenvalue weighted by Gasteiger charge is 2.75. The number of esters is 1. The zero-order valence-electron chi connectivity index (χ0n) is 21.0. The molecule has 1 N–H and O–H groups in total. The van der Waals surface area contributed by atoms with E-state index in [2.05, 4.69) is 6.58 Å². The smallest absolute Gasteiger partial charge is 0.312 e. The number of nitrogens with zero attached hydrogens (tertiary/aromatic N) is 2. The maximum Gasteiger partial charge on any atom is 0.312 e. The third-order valence-electron chi connectivity index (χ3n) is 7.61. The largest absolute Gasteiger partial charge is 0.466 e. The molecule has 3 saturated heterocycles. The van der Waals surface area contributed by atoms with E-state index in [9.17, 15) is 19.5 Å². The van der Waals surface area contributed by atoms with Gasteiger partial charge in [0.25, 0.3) is 0 Å². The maximum absolute atomic E-state index is 14.3. The summed E-state index contributed by atoms with van der Waals surface area (Å²) in [5, 5.41) is 10.5. The van der Waals surface area contributed by atoms with Gasteiger partial charge in [0.05, 0.1) is 37.2 Å². The van der Waals surface area contributed by atoms with Crippen LogP contribution in [0.1, 0.15) is 52.1 Å². The van der Waals surface area contributed by atoms with E-state index in [1.807, 2.05) is 51.1 Å². The lowest BCUT2D eigenvalue weighted by atomic mass is 9.70. The average molecular weight is 485 g/mol. The van der Waals surface area contributed by atoms with Crippen LogP contribution in [0.15, 0.2) is 43.0 Å². The normalized spacial score (nSPS) is 30.2. The number of ether oxygens (including phenoxy) is 2. The summed E-state index contributed by atoms with van der Waals surface area (Å²) in [5.74, 6) is -2.69. The molecular weight excluding hydrogens is 448 g/mol. The molecule has 0 aliphatic carbocycles. The van der Waals surface area contributed by atoms with Crippen molar-refractivity contribution in [3.05, 3.63) is 48.6 Å². The van der Waals surface area contributed by atoms with Crippen molar-refractivity contribution < 1.29 is 29.0 Å². The quantitative estimate of drug-likeness (QED) is 0.450. The average Bonchev–Trinajstić information content (AvgIpc) is 3.46. The minimum Gasteiger partial charge on any atom is -0.466 e. The first-order chi connectivity index (χ1) is 16.6. The third kappa shape index (κ3) is 3.96. The predicted octanol–water partition coefficient (Wildman–Crippen LogP) is 2.47. The summed E-state index contributed by atoms with van der Waals surface area (Å²) in [4.78, 5) is 44.6. The number of carbonyl (C=O) groups is 3. The Labute approximate surface area is 206 Å². The van der Waals surface area contributed by atoms with Crippen LogP contribution in [0.2, 0.25) is 0 Å². The molecule has 6 atom stereocenters. The van der Waals surface area contributed by atoms with Gasteiger partial charge in [0.2, 0.25) is 11.8 Å². The molecule has 1 spiro atoms. The van der Waals surface area contributed by atoms with Crippen LogP contribution in [0.25, 0.3) is 0 Å². The first-order valence-electron chi connectivity index (χ1n) is 12.4. The van der Waals surface area contributed by atoms with E-state index in [1.54, 1.807) is 17.9 Å². The first-order valence-corrected chi connectivity index (χ1v) is 12.4. The van der Waals surface area contributed by atoms with Gasteiger partial charge in [-0.25, -0.2) is 0 Å². The molecule has 8 heteroatoms. The van der Waals surface area contributed by atoms with Gasteiger partial charge in [0.15, 0.2) is 0 Å². The van der Waals surface area contributed by atoms with Crippen LogP contribution in [0.4, 0.5) is 0 Å². The summed E-state index contributed by atoms with van der Waals surface area (Å²) in [7, 11) is 0. The number of hydrogen-bond donors (Lipinski definition) is 1. The summed E-state index contributed by atoms with van der Waals surface area (Å²) in [5.41, 5.74) is -0.984. The highest BCUT2D eigenvalue weighted by atomic mass is 16.6. The summed E-state index contributed by atoms with van der Waals surface area (Å²) >= 11 is 0. The van der Waals surface area contributed by atoms with Crippen LogP contribution in [0.3, 0.4) is 0 Å². The van der Waals surface area contributed by atoms with E-state index in [1.165, 1.54) is 4.90 Å². The molecule has 1 aromatic carbocycles. The van der Waals surface area contributed by atoms with Crippen LogP contribution in [-0.4, -0.2) is 75.7 Å². The number of aliphatic hydroxyl groups is 1. The third-order valence-corrected chi connectivity index (χ3v) is 7.61. The Morgan fingerprint density at radius 2 is 2.03 bits per heavy atom. The lowest BCUT2D eigenvalue weighted by Gasteiger charge is -2.43. The standard InChI is InChI=1S/C27H36N2O6/c1-6-15-28(26(3,4)5)24(32)22-27-14-13-19(35-27)20(25(33)34-7-2)21(27)23(31)29(22)18(16-30)17-11-9-8-10-12-17/h6,8-12,18-22,30H,1,7,13-16H2,2-5H3/t18-,19-,20+,21+,22-,27+/m1/s1. The molecule has 8 nitrogen and oxygen atoms in total. The molecule has 35 heavy (non-hydrogen) atoms. The first kappa shape index (κ1) is 25.4. The lowest BCUT2D eigenvalue weighted by molar-refractivity contribution is -0.157. The minimum absolute atomic E-state index is 0.197. The molecule has 4 rings (SSSR count). The van der Waals surface area contributed by atoms with Crippen molar-refractivity contribution in [1.82, 2.24) is 9.80 Å². The molecule has 3 heterocycles. The highest BCUT2D eigenvalue weighted by molar-refractivity contribution is 5.98. The number of amides is 2. The van der Waals surface area contributed by atoms with Crippen LogP contribution >= 0.6 is 0 Å². The van der Waals surface area contributed by atoms with Gasteiger partial charge in [-0.1, -0.05) is 36.4 Å². The van der Waals surface area contributed by atoms with Gasteiger partial charge >= 0.3 is 5.97 Å². The zero-order chi connectivity index (χ0) is 25.5. The van der Waals surface area contributed by atoms with Crippen molar-refractivity contribution in [1.29, 1.82) is 0 Å². The van der Waals surface area contributed by atoms with Gasteiger partial charge in [-0.15, -0.1) is 6.58 Å². The number of carbonyl (C=O) groups excluding carboxylic acids is 3. The molecule has 0 radical (unpaired) electrons. The van der Waals surface area contributed by atoms with E-state index < -0.39 is 47.1 Å². The van der Waals surface area contributed by atoms with Gasteiger partial charge in [-0.05, 0) is 46.1 Å². The van der Waals surface area contributed by atoms with Gasteiger partial charge in [0.1, 0.15) is 11.6 Å². The molecule has 0 saturated carbocycles. The molecule has 3 aliphatic rings. The second-order valence-electron chi connectivity index (χ2n) is 10.6. The SMILES string of the molecule is C=CCN(C(=O)[C@H]1N([C@H](CO)c2ccccc2)C(=O)[C@@H]2[C@@H](C(=O)OCC)[C@H]3CC[C@]21O3)C(C)(C)C. The fraction of sp³-hybridized carbons (Fsp3) is 0.593. The van der Waals surface area contributed by atoms with Gasteiger partial charge < -0.3 is 24.4 Å². The van der Waals surface area contributed by atoms with E-state index in [4.69, 9.17) is 9.47 Å². The summed E-state index contributed by atoms with van der Waals surface area (Å²) in [6, 6.07) is 7.43. The molecule has 2 amide bonds. The van der Waals surface area contributed by atoms with Crippen LogP contribution in [0.5, 0.6) is 0 Å². The fourth-order valence-corrected chi connectivity index (χ4v) is 6.21. The number of fused-ring (bicyclic) bond motifs is 1. The van der Waals surface area contributed by atoms with Crippen molar-refractivity contribution >= 4 is 17.8 Å². The van der Waals surface area contributed by atoms with Crippen molar-refractivity contribution in [2.75, 3.05) is 19.8 Å². The Bertz CT molecular complexity index is 989. The maximum atomic E-state index is 14.3. The van der Waals surface area contributed by atoms with Crippen LogP contribution in [-0.2, 0) is 23.9 Å². The number of aliphatic hydroxyl groups excluding tert-OH is 1. The minimum atomic E-state index is -1.15. The molecule has 2 bridgehead atoms. The Balaban J connectivity index is 1.86. The number of hydrogen-bond acceptors (Lipinski definition) is 6. The van der Waals surface area contributed by atoms with E-state index in [0.29, 0.717) is 24.9 Å². The summed E-state index contributed by atoms with van der Waals surface area (Å²) in [6.45, 7) is 11.5. The Morgan fingerprint density at radius 1 is 1.34 bits per heavy atom. The van der Waals surface area contributed by atoms with Crippen molar-refractivity contribution in [2.45, 2.75) is 69.9 Å². The summed E-state index contributed by atoms with van der Waals surface area (Å²) in [6.07, 6.45) is 2.24. The Morgan fingerprint density at radius 3 is 2.60 bits per heavy atom. The second kappa shape index (κ2) is 9.39. The molecule has 3 fully saturated rings. The molecule has 1 aromatic rings. The number of likely N-dealkylation sites (tertiary alicyclic amines) is 1. The zero-order valence-corrected chi connectivity index (χ0v) is 21.0. The molecule has 0 aromatic heterocycles. The van der Waals surface area contributed by atoms with Crippen LogP contribution < -0.4 is 0 Å². The highest BCUT2D eigenvalue weighted by Crippen LogP contribution is 2.60. The molecule has 0 unspecified atom stereocenters. The van der Waals surface area contributed by atoms with E-state index in [-0.39, 0.29) is 25.0 Å². The van der Waals surface area contributed by atoms with E-state index >= 15 is 0 Å². The molecular formula is C27H36N2O6. The molecule has 190 valence electrons. The van der Waals surface area contributed by atoms with Gasteiger partial charge in [-0.2, -0.15) is 0 Å². The van der Waals surface area contributed by atoms with Gasteiger partial charge in [0, 0.05) is 12.1 Å².